The molecule has 1 N–H and O–H groups in total. The second-order valence-electron chi connectivity index (χ2n) is 5.52. The van der Waals surface area contributed by atoms with Crippen molar-refractivity contribution in [2.45, 2.75) is 25.9 Å². The number of fused-ring (bicyclic) bond motifs is 4. The van der Waals surface area contributed by atoms with Gasteiger partial charge in [0.25, 0.3) is 0 Å². The molecule has 0 bridgehead atoms. The first-order chi connectivity index (χ1) is 9.31. The number of aryl methyl sites for hydroxylation is 1. The van der Waals surface area contributed by atoms with E-state index in [0.29, 0.717) is 6.04 Å². The highest BCUT2D eigenvalue weighted by Crippen LogP contribution is 2.35. The van der Waals surface area contributed by atoms with Crippen molar-refractivity contribution in [1.82, 2.24) is 4.98 Å². The molecule has 2 aromatic rings. The van der Waals surface area contributed by atoms with Crippen LogP contribution in [0.3, 0.4) is 0 Å². The van der Waals surface area contributed by atoms with Gasteiger partial charge in [-0.1, -0.05) is 24.3 Å². The molecule has 2 aliphatic rings. The van der Waals surface area contributed by atoms with Crippen LogP contribution in [-0.2, 0) is 13.0 Å². The minimum atomic E-state index is 0.526. The predicted octanol–water partition coefficient (Wildman–Crippen LogP) is 2.75. The summed E-state index contributed by atoms with van der Waals surface area (Å²) in [4.78, 5) is 7.09. The van der Waals surface area contributed by atoms with Crippen LogP contribution in [-0.4, -0.2) is 17.6 Å². The van der Waals surface area contributed by atoms with E-state index in [-0.39, 0.29) is 0 Å². The summed E-state index contributed by atoms with van der Waals surface area (Å²) in [5, 5.41) is 3.53. The lowest BCUT2D eigenvalue weighted by molar-refractivity contribution is 0.555. The molecule has 0 spiro atoms. The Labute approximate surface area is 113 Å². The van der Waals surface area contributed by atoms with E-state index >= 15 is 0 Å². The van der Waals surface area contributed by atoms with Crippen LogP contribution in [0.15, 0.2) is 36.5 Å². The minimum absolute atomic E-state index is 0.526. The van der Waals surface area contributed by atoms with Crippen LogP contribution < -0.4 is 10.2 Å². The van der Waals surface area contributed by atoms with E-state index in [2.05, 4.69) is 52.5 Å². The Morgan fingerprint density at radius 3 is 3.00 bits per heavy atom. The first-order valence-corrected chi connectivity index (χ1v) is 6.85. The average Bonchev–Trinajstić information content (AvgIpc) is 2.44. The van der Waals surface area contributed by atoms with Gasteiger partial charge in [0.15, 0.2) is 5.82 Å². The second-order valence-corrected chi connectivity index (χ2v) is 5.52. The molecule has 96 valence electrons. The van der Waals surface area contributed by atoms with E-state index in [1.54, 1.807) is 0 Å². The SMILES string of the molecule is Cc1cnc2c(c1)NCC1Cc3ccccc3CN21. The average molecular weight is 251 g/mol. The number of aromatic nitrogens is 1. The predicted molar refractivity (Wildman–Crippen MR) is 77.6 cm³/mol. The van der Waals surface area contributed by atoms with Gasteiger partial charge in [-0.25, -0.2) is 4.98 Å². The van der Waals surface area contributed by atoms with Gasteiger partial charge in [-0.05, 0) is 36.1 Å². The van der Waals surface area contributed by atoms with Gasteiger partial charge in [0.05, 0.1) is 11.7 Å². The number of hydrogen-bond donors (Lipinski definition) is 1. The number of nitrogens with zero attached hydrogens (tertiary/aromatic N) is 2. The van der Waals surface area contributed by atoms with Crippen LogP contribution in [0, 0.1) is 6.92 Å². The summed E-state index contributed by atoms with van der Waals surface area (Å²) in [7, 11) is 0. The number of rotatable bonds is 0. The molecule has 0 amide bonds. The third-order valence-electron chi connectivity index (χ3n) is 4.16. The van der Waals surface area contributed by atoms with Gasteiger partial charge >= 0.3 is 0 Å². The molecule has 1 aromatic carbocycles. The van der Waals surface area contributed by atoms with Gasteiger partial charge in [0.2, 0.25) is 0 Å². The Hall–Kier alpha value is -2.03. The van der Waals surface area contributed by atoms with Gasteiger partial charge in [-0.2, -0.15) is 0 Å². The topological polar surface area (TPSA) is 28.2 Å². The maximum Gasteiger partial charge on any atom is 0.152 e. The van der Waals surface area contributed by atoms with Crippen molar-refractivity contribution in [3.8, 4) is 0 Å². The first-order valence-electron chi connectivity index (χ1n) is 6.85. The minimum Gasteiger partial charge on any atom is -0.380 e. The zero-order chi connectivity index (χ0) is 12.8. The van der Waals surface area contributed by atoms with Crippen molar-refractivity contribution in [2.75, 3.05) is 16.8 Å². The summed E-state index contributed by atoms with van der Waals surface area (Å²) in [5.74, 6) is 1.11. The zero-order valence-electron chi connectivity index (χ0n) is 11.1. The Morgan fingerprint density at radius 1 is 1.26 bits per heavy atom. The smallest absolute Gasteiger partial charge is 0.152 e. The maximum absolute atomic E-state index is 4.64. The fourth-order valence-corrected chi connectivity index (χ4v) is 3.17. The lowest BCUT2D eigenvalue weighted by Crippen LogP contribution is -2.48. The van der Waals surface area contributed by atoms with Crippen molar-refractivity contribution >= 4 is 11.5 Å². The molecule has 3 nitrogen and oxygen atoms in total. The number of pyridine rings is 1. The van der Waals surface area contributed by atoms with Crippen molar-refractivity contribution in [2.24, 2.45) is 0 Å². The Kier molecular flexibility index (Phi) is 2.28. The van der Waals surface area contributed by atoms with E-state index < -0.39 is 0 Å². The summed E-state index contributed by atoms with van der Waals surface area (Å²) in [6.07, 6.45) is 3.07. The van der Waals surface area contributed by atoms with Crippen LogP contribution in [0.1, 0.15) is 16.7 Å². The van der Waals surface area contributed by atoms with E-state index in [4.69, 9.17) is 0 Å². The van der Waals surface area contributed by atoms with Crippen LogP contribution in [0.4, 0.5) is 11.5 Å². The number of anilines is 2. The molecule has 0 radical (unpaired) electrons. The van der Waals surface area contributed by atoms with Gasteiger partial charge in [-0.3, -0.25) is 0 Å². The first kappa shape index (κ1) is 10.9. The van der Waals surface area contributed by atoms with Crippen molar-refractivity contribution in [3.63, 3.8) is 0 Å². The molecular formula is C16H17N3. The van der Waals surface area contributed by atoms with Gasteiger partial charge < -0.3 is 10.2 Å². The number of nitrogens with one attached hydrogen (secondary N) is 1. The highest BCUT2D eigenvalue weighted by atomic mass is 15.3. The highest BCUT2D eigenvalue weighted by molar-refractivity contribution is 5.70. The van der Waals surface area contributed by atoms with Crippen molar-refractivity contribution < 1.29 is 0 Å². The standard InChI is InChI=1S/C16H17N3/c1-11-6-15-16(18-8-11)19-10-13-5-3-2-4-12(13)7-14(19)9-17-15/h2-6,8,14,17H,7,9-10H2,1H3. The lowest BCUT2D eigenvalue weighted by Gasteiger charge is -2.42. The molecule has 1 aromatic heterocycles. The molecule has 0 saturated carbocycles. The molecule has 3 heterocycles. The van der Waals surface area contributed by atoms with Crippen LogP contribution >= 0.6 is 0 Å². The zero-order valence-corrected chi connectivity index (χ0v) is 11.1. The Balaban J connectivity index is 1.78. The fourth-order valence-electron chi connectivity index (χ4n) is 3.17. The second kappa shape index (κ2) is 3.98. The molecule has 0 fully saturated rings. The molecular weight excluding hydrogens is 234 g/mol. The van der Waals surface area contributed by atoms with E-state index in [1.807, 2.05) is 6.20 Å². The molecule has 3 heteroatoms. The van der Waals surface area contributed by atoms with Gasteiger partial charge in [-0.15, -0.1) is 0 Å². The molecule has 4 rings (SSSR count). The van der Waals surface area contributed by atoms with E-state index in [1.165, 1.54) is 22.4 Å². The summed E-state index contributed by atoms with van der Waals surface area (Å²) in [6, 6.07) is 11.5. The van der Waals surface area contributed by atoms with Crippen molar-refractivity contribution in [3.05, 3.63) is 53.2 Å². The van der Waals surface area contributed by atoms with Gasteiger partial charge in [0, 0.05) is 19.3 Å². The molecule has 0 saturated heterocycles. The molecule has 1 unspecified atom stereocenters. The fraction of sp³-hybridized carbons (Fsp3) is 0.312. The normalized spacial score (nSPS) is 20.1. The van der Waals surface area contributed by atoms with E-state index in [0.717, 1.165) is 25.3 Å². The lowest BCUT2D eigenvalue weighted by atomic mass is 9.92. The third-order valence-corrected chi connectivity index (χ3v) is 4.16. The van der Waals surface area contributed by atoms with Crippen LogP contribution in [0.25, 0.3) is 0 Å². The van der Waals surface area contributed by atoms with Crippen LogP contribution in [0.2, 0.25) is 0 Å². The summed E-state index contributed by atoms with van der Waals surface area (Å²) >= 11 is 0. The van der Waals surface area contributed by atoms with Gasteiger partial charge in [0.1, 0.15) is 0 Å². The van der Waals surface area contributed by atoms with Crippen LogP contribution in [0.5, 0.6) is 0 Å². The van der Waals surface area contributed by atoms with E-state index in [9.17, 15) is 0 Å². The van der Waals surface area contributed by atoms with Crippen molar-refractivity contribution in [1.29, 1.82) is 0 Å². The quantitative estimate of drug-likeness (QED) is 0.780. The Morgan fingerprint density at radius 2 is 2.11 bits per heavy atom. The third kappa shape index (κ3) is 1.69. The number of benzene rings is 1. The largest absolute Gasteiger partial charge is 0.380 e. The Bertz CT molecular complexity index is 636. The summed E-state index contributed by atoms with van der Waals surface area (Å²) in [6.45, 7) is 4.07. The summed E-state index contributed by atoms with van der Waals surface area (Å²) in [5.41, 5.74) is 5.31. The number of hydrogen-bond acceptors (Lipinski definition) is 3. The maximum atomic E-state index is 4.64. The highest BCUT2D eigenvalue weighted by Gasteiger charge is 2.31. The molecule has 2 aliphatic heterocycles. The summed E-state index contributed by atoms with van der Waals surface area (Å²) < 4.78 is 0. The molecule has 1 atom stereocenters. The monoisotopic (exact) mass is 251 g/mol. The molecule has 19 heavy (non-hydrogen) atoms. The molecule has 0 aliphatic carbocycles.